The predicted molar refractivity (Wildman–Crippen MR) is 145 cm³/mol. The molecule has 4 rings (SSSR count). The number of benzene rings is 3. The number of hydrogen-bond acceptors (Lipinski definition) is 5. The van der Waals surface area contributed by atoms with E-state index in [4.69, 9.17) is 9.47 Å². The summed E-state index contributed by atoms with van der Waals surface area (Å²) in [5, 5.41) is 2.99. The third-order valence-electron chi connectivity index (χ3n) is 6.80. The third kappa shape index (κ3) is 5.91. The highest BCUT2D eigenvalue weighted by Crippen LogP contribution is 2.34. The SMILES string of the molecule is COc1ccc(N(CC(=O)N[C@H](C)c2ccc3c(c2)CCCC3)S(=O)(=O)c2ccc(C)cc2)cc1OC. The molecule has 1 N–H and O–H groups in total. The summed E-state index contributed by atoms with van der Waals surface area (Å²) in [5.74, 6) is 0.423. The van der Waals surface area contributed by atoms with Crippen LogP contribution in [0.1, 0.15) is 48.1 Å². The largest absolute Gasteiger partial charge is 0.493 e. The van der Waals surface area contributed by atoms with Crippen LogP contribution in [0.25, 0.3) is 0 Å². The molecule has 0 aliphatic heterocycles. The highest BCUT2D eigenvalue weighted by atomic mass is 32.2. The number of anilines is 1. The van der Waals surface area contributed by atoms with Gasteiger partial charge in [-0.1, -0.05) is 35.9 Å². The molecule has 1 atom stereocenters. The first-order valence-corrected chi connectivity index (χ1v) is 13.9. The van der Waals surface area contributed by atoms with Crippen molar-refractivity contribution in [2.45, 2.75) is 50.5 Å². The van der Waals surface area contributed by atoms with Crippen molar-refractivity contribution in [2.24, 2.45) is 0 Å². The van der Waals surface area contributed by atoms with Crippen LogP contribution in [0, 0.1) is 6.92 Å². The van der Waals surface area contributed by atoms with Crippen LogP contribution in [-0.4, -0.2) is 35.1 Å². The molecule has 0 saturated carbocycles. The maximum Gasteiger partial charge on any atom is 0.264 e. The van der Waals surface area contributed by atoms with Crippen molar-refractivity contribution >= 4 is 21.6 Å². The molecule has 0 bridgehead atoms. The summed E-state index contributed by atoms with van der Waals surface area (Å²) in [6.45, 7) is 3.41. The molecule has 37 heavy (non-hydrogen) atoms. The zero-order valence-electron chi connectivity index (χ0n) is 21.8. The molecule has 0 fully saturated rings. The van der Waals surface area contributed by atoms with Crippen LogP contribution in [0.5, 0.6) is 11.5 Å². The quantitative estimate of drug-likeness (QED) is 0.429. The lowest BCUT2D eigenvalue weighted by atomic mass is 9.89. The van der Waals surface area contributed by atoms with Gasteiger partial charge in [-0.2, -0.15) is 0 Å². The molecular formula is C29H34N2O5S. The summed E-state index contributed by atoms with van der Waals surface area (Å²) in [4.78, 5) is 13.3. The number of fused-ring (bicyclic) bond motifs is 1. The smallest absolute Gasteiger partial charge is 0.264 e. The number of carbonyl (C=O) groups is 1. The fraction of sp³-hybridized carbons (Fsp3) is 0.345. The molecule has 0 unspecified atom stereocenters. The Kier molecular flexibility index (Phi) is 8.07. The van der Waals surface area contributed by atoms with Gasteiger partial charge < -0.3 is 14.8 Å². The van der Waals surface area contributed by atoms with E-state index >= 15 is 0 Å². The predicted octanol–water partition coefficient (Wildman–Crippen LogP) is 4.96. The van der Waals surface area contributed by atoms with E-state index in [0.717, 1.165) is 28.3 Å². The second kappa shape index (κ2) is 11.3. The number of rotatable bonds is 9. The number of nitrogens with zero attached hydrogens (tertiary/aromatic N) is 1. The molecule has 0 aromatic heterocycles. The average Bonchev–Trinajstić information content (AvgIpc) is 2.91. The Morgan fingerprint density at radius 2 is 1.59 bits per heavy atom. The number of methoxy groups -OCH3 is 2. The van der Waals surface area contributed by atoms with E-state index in [0.29, 0.717) is 17.2 Å². The fourth-order valence-corrected chi connectivity index (χ4v) is 6.07. The lowest BCUT2D eigenvalue weighted by Gasteiger charge is -2.26. The molecule has 0 spiro atoms. The number of nitrogens with one attached hydrogen (secondary N) is 1. The van der Waals surface area contributed by atoms with Crippen molar-refractivity contribution in [2.75, 3.05) is 25.1 Å². The van der Waals surface area contributed by atoms with Gasteiger partial charge in [-0.3, -0.25) is 9.10 Å². The van der Waals surface area contributed by atoms with Crippen molar-refractivity contribution in [3.8, 4) is 11.5 Å². The van der Waals surface area contributed by atoms with E-state index in [9.17, 15) is 13.2 Å². The molecule has 3 aromatic rings. The van der Waals surface area contributed by atoms with Crippen LogP contribution in [0.2, 0.25) is 0 Å². The van der Waals surface area contributed by atoms with Crippen molar-refractivity contribution in [3.63, 3.8) is 0 Å². The summed E-state index contributed by atoms with van der Waals surface area (Å²) >= 11 is 0. The molecule has 8 heteroatoms. The maximum atomic E-state index is 13.7. The van der Waals surface area contributed by atoms with Crippen LogP contribution in [0.4, 0.5) is 5.69 Å². The minimum absolute atomic E-state index is 0.100. The lowest BCUT2D eigenvalue weighted by molar-refractivity contribution is -0.120. The van der Waals surface area contributed by atoms with Gasteiger partial charge in [0, 0.05) is 6.07 Å². The number of sulfonamides is 1. The third-order valence-corrected chi connectivity index (χ3v) is 8.59. The minimum Gasteiger partial charge on any atom is -0.493 e. The zero-order chi connectivity index (χ0) is 26.6. The Labute approximate surface area is 219 Å². The van der Waals surface area contributed by atoms with Gasteiger partial charge in [0.1, 0.15) is 6.54 Å². The van der Waals surface area contributed by atoms with Crippen LogP contribution >= 0.6 is 0 Å². The Balaban J connectivity index is 1.62. The molecule has 1 aliphatic carbocycles. The molecule has 1 amide bonds. The first-order chi connectivity index (χ1) is 17.7. The second-order valence-corrected chi connectivity index (χ2v) is 11.3. The molecular weight excluding hydrogens is 488 g/mol. The molecule has 196 valence electrons. The molecule has 0 heterocycles. The molecule has 0 saturated heterocycles. The van der Waals surface area contributed by atoms with Crippen LogP contribution in [0.3, 0.4) is 0 Å². The van der Waals surface area contributed by atoms with Gasteiger partial charge in [0.05, 0.1) is 30.8 Å². The number of carbonyl (C=O) groups excluding carboxylic acids is 1. The lowest BCUT2D eigenvalue weighted by Crippen LogP contribution is -2.41. The van der Waals surface area contributed by atoms with Gasteiger partial charge in [0.15, 0.2) is 11.5 Å². The maximum absolute atomic E-state index is 13.7. The molecule has 3 aromatic carbocycles. The van der Waals surface area contributed by atoms with E-state index in [-0.39, 0.29) is 17.5 Å². The van der Waals surface area contributed by atoms with E-state index in [1.807, 2.05) is 19.9 Å². The summed E-state index contributed by atoms with van der Waals surface area (Å²) in [7, 11) is -1.06. The monoisotopic (exact) mass is 522 g/mol. The second-order valence-electron chi connectivity index (χ2n) is 9.39. The Bertz CT molecular complexity index is 1370. The molecule has 0 radical (unpaired) electrons. The highest BCUT2D eigenvalue weighted by molar-refractivity contribution is 7.92. The first kappa shape index (κ1) is 26.5. The van der Waals surface area contributed by atoms with Gasteiger partial charge in [0.2, 0.25) is 5.91 Å². The van der Waals surface area contributed by atoms with Crippen LogP contribution in [0.15, 0.2) is 65.6 Å². The average molecular weight is 523 g/mol. The Morgan fingerprint density at radius 3 is 2.27 bits per heavy atom. The normalized spacial score (nSPS) is 13.8. The van der Waals surface area contributed by atoms with E-state index < -0.39 is 15.9 Å². The Morgan fingerprint density at radius 1 is 0.919 bits per heavy atom. The van der Waals surface area contributed by atoms with Crippen molar-refractivity contribution in [3.05, 3.63) is 82.9 Å². The van der Waals surface area contributed by atoms with Crippen molar-refractivity contribution in [1.82, 2.24) is 5.32 Å². The summed E-state index contributed by atoms with van der Waals surface area (Å²) in [5.41, 5.74) is 4.95. The van der Waals surface area contributed by atoms with Gasteiger partial charge >= 0.3 is 0 Å². The van der Waals surface area contributed by atoms with Crippen LogP contribution in [-0.2, 0) is 27.7 Å². The highest BCUT2D eigenvalue weighted by Gasteiger charge is 2.28. The number of aryl methyl sites for hydroxylation is 3. The van der Waals surface area contributed by atoms with E-state index in [1.54, 1.807) is 42.5 Å². The van der Waals surface area contributed by atoms with Crippen molar-refractivity contribution < 1.29 is 22.7 Å². The van der Waals surface area contributed by atoms with Gasteiger partial charge in [-0.05, 0) is 80.5 Å². The molecule has 7 nitrogen and oxygen atoms in total. The first-order valence-electron chi connectivity index (χ1n) is 12.5. The zero-order valence-corrected chi connectivity index (χ0v) is 22.6. The number of hydrogen-bond donors (Lipinski definition) is 1. The summed E-state index contributed by atoms with van der Waals surface area (Å²) in [6.07, 6.45) is 4.52. The van der Waals surface area contributed by atoms with Gasteiger partial charge in [0.25, 0.3) is 10.0 Å². The standard InChI is InChI=1S/C29H34N2O5S/c1-20-9-14-26(15-10-20)37(33,34)31(25-13-16-27(35-3)28(18-25)36-4)19-29(32)30-21(2)23-12-11-22-7-5-6-8-24(22)17-23/h9-18,21H,5-8,19H2,1-4H3,(H,30,32)/t21-/m1/s1. The Hall–Kier alpha value is -3.52. The van der Waals surface area contributed by atoms with Gasteiger partial charge in [-0.15, -0.1) is 0 Å². The minimum atomic E-state index is -4.05. The summed E-state index contributed by atoms with van der Waals surface area (Å²) < 4.78 is 39.2. The van der Waals surface area contributed by atoms with Crippen LogP contribution < -0.4 is 19.1 Å². The van der Waals surface area contributed by atoms with Crippen molar-refractivity contribution in [1.29, 1.82) is 0 Å². The van der Waals surface area contributed by atoms with Gasteiger partial charge in [-0.25, -0.2) is 8.42 Å². The molecule has 1 aliphatic rings. The fourth-order valence-electron chi connectivity index (χ4n) is 4.66. The number of amides is 1. The summed E-state index contributed by atoms with van der Waals surface area (Å²) in [6, 6.07) is 17.4. The topological polar surface area (TPSA) is 84.9 Å². The van der Waals surface area contributed by atoms with E-state index in [2.05, 4.69) is 17.4 Å². The van der Waals surface area contributed by atoms with E-state index in [1.165, 1.54) is 38.2 Å². The number of ether oxygens (including phenoxy) is 2.